The summed E-state index contributed by atoms with van der Waals surface area (Å²) in [5.74, 6) is 2.04. The van der Waals surface area contributed by atoms with Crippen LogP contribution in [-0.2, 0) is 11.3 Å². The van der Waals surface area contributed by atoms with Crippen LogP contribution in [0.25, 0.3) is 11.4 Å². The minimum Gasteiger partial charge on any atom is -0.356 e. The molecule has 0 radical (unpaired) electrons. The molecule has 4 rings (SSSR count). The summed E-state index contributed by atoms with van der Waals surface area (Å²) >= 11 is 14.0. The van der Waals surface area contributed by atoms with Gasteiger partial charge in [0.1, 0.15) is 0 Å². The van der Waals surface area contributed by atoms with Crippen molar-refractivity contribution in [3.05, 3.63) is 64.0 Å². The Hall–Kier alpha value is -2.06. The standard InChI is InChI=1S/C25H28Cl2N4O2S/c1-17-5-8-20(9-6-17)34-13-3-11-28-25(32)18-4-2-12-31(15-18)16-23-29-24(30-33-23)21-10-7-19(26)14-22(21)27/h5-10,14,18H,2-4,11-13,15-16H2,1H3,(H,28,32). The molecule has 1 aliphatic rings. The topological polar surface area (TPSA) is 71.3 Å². The molecule has 180 valence electrons. The summed E-state index contributed by atoms with van der Waals surface area (Å²) in [5, 5.41) is 8.21. The Kier molecular flexibility index (Phi) is 8.89. The fourth-order valence-electron chi connectivity index (χ4n) is 3.96. The number of carbonyl (C=O) groups is 1. The van der Waals surface area contributed by atoms with E-state index in [1.165, 1.54) is 10.5 Å². The molecule has 1 aromatic heterocycles. The summed E-state index contributed by atoms with van der Waals surface area (Å²) in [6.07, 6.45) is 2.81. The number of likely N-dealkylation sites (tertiary alicyclic amines) is 1. The average molecular weight is 519 g/mol. The number of thioether (sulfide) groups is 1. The molecule has 1 fully saturated rings. The molecular weight excluding hydrogens is 491 g/mol. The number of carbonyl (C=O) groups excluding carboxylic acids is 1. The predicted octanol–water partition coefficient (Wildman–Crippen LogP) is 5.86. The van der Waals surface area contributed by atoms with Crippen molar-refractivity contribution in [1.29, 1.82) is 0 Å². The minimum absolute atomic E-state index is 0.0217. The first-order chi connectivity index (χ1) is 16.5. The number of hydrogen-bond donors (Lipinski definition) is 1. The van der Waals surface area contributed by atoms with Crippen molar-refractivity contribution in [3.63, 3.8) is 0 Å². The smallest absolute Gasteiger partial charge is 0.241 e. The van der Waals surface area contributed by atoms with Crippen molar-refractivity contribution in [2.24, 2.45) is 5.92 Å². The molecule has 1 unspecified atom stereocenters. The number of aryl methyl sites for hydroxylation is 1. The molecule has 0 bridgehead atoms. The van der Waals surface area contributed by atoms with Gasteiger partial charge in [-0.2, -0.15) is 4.98 Å². The molecule has 6 nitrogen and oxygen atoms in total. The second-order valence-electron chi connectivity index (χ2n) is 8.52. The van der Waals surface area contributed by atoms with E-state index in [9.17, 15) is 4.79 Å². The first kappa shape index (κ1) is 25.0. The van der Waals surface area contributed by atoms with Gasteiger partial charge in [-0.05, 0) is 68.8 Å². The molecule has 0 aliphatic carbocycles. The predicted molar refractivity (Wildman–Crippen MR) is 137 cm³/mol. The third kappa shape index (κ3) is 6.98. The van der Waals surface area contributed by atoms with Gasteiger partial charge in [-0.3, -0.25) is 9.69 Å². The fourth-order valence-corrected chi connectivity index (χ4v) is 5.30. The summed E-state index contributed by atoms with van der Waals surface area (Å²) in [7, 11) is 0. The lowest BCUT2D eigenvalue weighted by atomic mass is 9.97. The van der Waals surface area contributed by atoms with Gasteiger partial charge in [0.05, 0.1) is 17.5 Å². The van der Waals surface area contributed by atoms with E-state index in [4.69, 9.17) is 27.7 Å². The van der Waals surface area contributed by atoms with Crippen LogP contribution >= 0.6 is 35.0 Å². The number of amides is 1. The zero-order valence-corrected chi connectivity index (χ0v) is 21.4. The first-order valence-electron chi connectivity index (χ1n) is 11.5. The Labute approximate surface area is 214 Å². The van der Waals surface area contributed by atoms with E-state index in [1.54, 1.807) is 18.2 Å². The molecule has 1 N–H and O–H groups in total. The normalized spacial score (nSPS) is 16.5. The first-order valence-corrected chi connectivity index (χ1v) is 13.2. The van der Waals surface area contributed by atoms with Crippen LogP contribution in [0.3, 0.4) is 0 Å². The maximum absolute atomic E-state index is 12.7. The molecule has 2 aromatic carbocycles. The van der Waals surface area contributed by atoms with Crippen LogP contribution in [0.15, 0.2) is 51.9 Å². The van der Waals surface area contributed by atoms with Crippen molar-refractivity contribution >= 4 is 40.9 Å². The third-order valence-electron chi connectivity index (χ3n) is 5.79. The van der Waals surface area contributed by atoms with Crippen molar-refractivity contribution < 1.29 is 9.32 Å². The molecule has 0 saturated carbocycles. The lowest BCUT2D eigenvalue weighted by Crippen LogP contribution is -2.43. The lowest BCUT2D eigenvalue weighted by Gasteiger charge is -2.30. The monoisotopic (exact) mass is 518 g/mol. The zero-order chi connectivity index (χ0) is 23.9. The van der Waals surface area contributed by atoms with Gasteiger partial charge in [0, 0.05) is 28.6 Å². The van der Waals surface area contributed by atoms with Gasteiger partial charge >= 0.3 is 0 Å². The number of halogens is 2. The van der Waals surface area contributed by atoms with Gasteiger partial charge in [-0.15, -0.1) is 11.8 Å². The molecule has 0 spiro atoms. The van der Waals surface area contributed by atoms with E-state index in [1.807, 2.05) is 11.8 Å². The molecule has 9 heteroatoms. The summed E-state index contributed by atoms with van der Waals surface area (Å²) in [5.41, 5.74) is 1.95. The van der Waals surface area contributed by atoms with Gasteiger partial charge < -0.3 is 9.84 Å². The van der Waals surface area contributed by atoms with Gasteiger partial charge in [0.2, 0.25) is 17.6 Å². The highest BCUT2D eigenvalue weighted by Crippen LogP contribution is 2.29. The fraction of sp³-hybridized carbons (Fsp3) is 0.400. The SMILES string of the molecule is Cc1ccc(SCCCNC(=O)C2CCCN(Cc3nc(-c4ccc(Cl)cc4Cl)no3)C2)cc1. The summed E-state index contributed by atoms with van der Waals surface area (Å²) in [4.78, 5) is 20.6. The highest BCUT2D eigenvalue weighted by Gasteiger charge is 2.26. The Morgan fingerprint density at radius 3 is 2.85 bits per heavy atom. The van der Waals surface area contributed by atoms with E-state index in [0.29, 0.717) is 47.0 Å². The largest absolute Gasteiger partial charge is 0.356 e. The molecule has 1 atom stereocenters. The summed E-state index contributed by atoms with van der Waals surface area (Å²) in [6, 6.07) is 13.7. The molecule has 1 amide bonds. The summed E-state index contributed by atoms with van der Waals surface area (Å²) in [6.45, 7) is 4.88. The average Bonchev–Trinajstić information content (AvgIpc) is 3.28. The van der Waals surface area contributed by atoms with Crippen LogP contribution in [0, 0.1) is 12.8 Å². The van der Waals surface area contributed by atoms with E-state index < -0.39 is 0 Å². The Bertz CT molecular complexity index is 1110. The van der Waals surface area contributed by atoms with Crippen LogP contribution in [0.2, 0.25) is 10.0 Å². The third-order valence-corrected chi connectivity index (χ3v) is 7.43. The highest BCUT2D eigenvalue weighted by atomic mass is 35.5. The molecule has 2 heterocycles. The minimum atomic E-state index is -0.0217. The maximum atomic E-state index is 12.7. The van der Waals surface area contributed by atoms with Crippen molar-refractivity contribution in [3.8, 4) is 11.4 Å². The number of aromatic nitrogens is 2. The second kappa shape index (κ2) is 12.1. The van der Waals surface area contributed by atoms with Gasteiger partial charge in [0.15, 0.2) is 0 Å². The van der Waals surface area contributed by atoms with Gasteiger partial charge in [-0.1, -0.05) is 46.1 Å². The van der Waals surface area contributed by atoms with Crippen LogP contribution < -0.4 is 5.32 Å². The number of benzene rings is 2. The molecular formula is C25H28Cl2N4O2S. The van der Waals surface area contributed by atoms with Crippen LogP contribution in [0.5, 0.6) is 0 Å². The number of rotatable bonds is 9. The molecule has 1 aliphatic heterocycles. The van der Waals surface area contributed by atoms with Crippen molar-refractivity contribution in [2.45, 2.75) is 37.6 Å². The maximum Gasteiger partial charge on any atom is 0.241 e. The van der Waals surface area contributed by atoms with Crippen LogP contribution in [-0.4, -0.2) is 46.3 Å². The van der Waals surface area contributed by atoms with Gasteiger partial charge in [0.25, 0.3) is 0 Å². The van der Waals surface area contributed by atoms with Crippen LogP contribution in [0.1, 0.15) is 30.7 Å². The van der Waals surface area contributed by atoms with E-state index >= 15 is 0 Å². The van der Waals surface area contributed by atoms with Crippen LogP contribution in [0.4, 0.5) is 0 Å². The molecule has 3 aromatic rings. The lowest BCUT2D eigenvalue weighted by molar-refractivity contribution is -0.126. The number of hydrogen-bond acceptors (Lipinski definition) is 6. The number of piperidine rings is 1. The van der Waals surface area contributed by atoms with E-state index in [2.05, 4.69) is 51.5 Å². The van der Waals surface area contributed by atoms with E-state index in [-0.39, 0.29) is 11.8 Å². The van der Waals surface area contributed by atoms with E-state index in [0.717, 1.165) is 31.6 Å². The van der Waals surface area contributed by atoms with Crippen molar-refractivity contribution in [1.82, 2.24) is 20.4 Å². The molecule has 34 heavy (non-hydrogen) atoms. The molecule has 1 saturated heterocycles. The number of nitrogens with zero attached hydrogens (tertiary/aromatic N) is 3. The van der Waals surface area contributed by atoms with Gasteiger partial charge in [-0.25, -0.2) is 0 Å². The zero-order valence-electron chi connectivity index (χ0n) is 19.1. The Balaban J connectivity index is 1.21. The quantitative estimate of drug-likeness (QED) is 0.282. The Morgan fingerprint density at radius 2 is 2.06 bits per heavy atom. The number of nitrogens with one attached hydrogen (secondary N) is 1. The van der Waals surface area contributed by atoms with Crippen molar-refractivity contribution in [2.75, 3.05) is 25.4 Å². The Morgan fingerprint density at radius 1 is 1.24 bits per heavy atom. The summed E-state index contributed by atoms with van der Waals surface area (Å²) < 4.78 is 5.44. The highest BCUT2D eigenvalue weighted by molar-refractivity contribution is 7.99. The second-order valence-corrected chi connectivity index (χ2v) is 10.5.